The van der Waals surface area contributed by atoms with Gasteiger partial charge in [-0.25, -0.2) is 8.42 Å². The maximum absolute atomic E-state index is 12.7. The van der Waals surface area contributed by atoms with Crippen molar-refractivity contribution < 1.29 is 13.2 Å². The van der Waals surface area contributed by atoms with Gasteiger partial charge in [0.2, 0.25) is 10.0 Å². The smallest absolute Gasteiger partial charge is 0.243 e. The van der Waals surface area contributed by atoms with E-state index < -0.39 is 10.0 Å². The van der Waals surface area contributed by atoms with E-state index in [2.05, 4.69) is 0 Å². The van der Waals surface area contributed by atoms with Gasteiger partial charge >= 0.3 is 0 Å². The molecule has 2 atom stereocenters. The summed E-state index contributed by atoms with van der Waals surface area (Å²) in [5.41, 5.74) is 5.99. The number of nitrogens with zero attached hydrogens (tertiary/aromatic N) is 1. The number of nitrogens with two attached hydrogens (primary N) is 1. The fourth-order valence-electron chi connectivity index (χ4n) is 2.20. The zero-order valence-corrected chi connectivity index (χ0v) is 14.1. The van der Waals surface area contributed by atoms with Crippen molar-refractivity contribution in [2.24, 2.45) is 5.73 Å². The Kier molecular flexibility index (Phi) is 4.89. The SMILES string of the molecule is CC1CN(S(=O)(=O)c2ccc(C(N)=S)c(Cl)c2)C(C)CO1. The summed E-state index contributed by atoms with van der Waals surface area (Å²) in [6.07, 6.45) is -0.137. The van der Waals surface area contributed by atoms with Crippen molar-refractivity contribution in [2.75, 3.05) is 13.2 Å². The topological polar surface area (TPSA) is 72.6 Å². The van der Waals surface area contributed by atoms with Crippen molar-refractivity contribution in [3.8, 4) is 0 Å². The Hall–Kier alpha value is -0.730. The molecule has 2 N–H and O–H groups in total. The van der Waals surface area contributed by atoms with Crippen LogP contribution in [0.25, 0.3) is 0 Å². The summed E-state index contributed by atoms with van der Waals surface area (Å²) in [5.74, 6) is 0. The normalized spacial score (nSPS) is 24.0. The van der Waals surface area contributed by atoms with Crippen molar-refractivity contribution in [3.05, 3.63) is 28.8 Å². The van der Waals surface area contributed by atoms with Gasteiger partial charge in [-0.05, 0) is 32.0 Å². The third-order valence-electron chi connectivity index (χ3n) is 3.36. The van der Waals surface area contributed by atoms with E-state index in [0.29, 0.717) is 18.7 Å². The highest BCUT2D eigenvalue weighted by atomic mass is 35.5. The van der Waals surface area contributed by atoms with Gasteiger partial charge in [0.1, 0.15) is 4.99 Å². The molecule has 1 aliphatic heterocycles. The predicted octanol–water partition coefficient (Wildman–Crippen LogP) is 1.77. The van der Waals surface area contributed by atoms with Gasteiger partial charge in [-0.15, -0.1) is 0 Å². The number of hydrogen-bond donors (Lipinski definition) is 1. The quantitative estimate of drug-likeness (QED) is 0.843. The molecule has 0 aliphatic carbocycles. The van der Waals surface area contributed by atoms with Gasteiger partial charge in [-0.3, -0.25) is 0 Å². The molecular weight excluding hydrogens is 332 g/mol. The maximum Gasteiger partial charge on any atom is 0.243 e. The van der Waals surface area contributed by atoms with E-state index in [1.807, 2.05) is 13.8 Å². The molecule has 0 spiro atoms. The minimum Gasteiger partial charge on any atom is -0.389 e. The Morgan fingerprint density at radius 2 is 2.14 bits per heavy atom. The first kappa shape index (κ1) is 16.6. The van der Waals surface area contributed by atoms with Crippen molar-refractivity contribution in [1.29, 1.82) is 0 Å². The zero-order valence-electron chi connectivity index (χ0n) is 11.7. The van der Waals surface area contributed by atoms with Gasteiger partial charge < -0.3 is 10.5 Å². The molecule has 2 unspecified atom stereocenters. The largest absolute Gasteiger partial charge is 0.389 e. The second kappa shape index (κ2) is 6.18. The van der Waals surface area contributed by atoms with Crippen LogP contribution in [-0.2, 0) is 14.8 Å². The summed E-state index contributed by atoms with van der Waals surface area (Å²) in [6, 6.07) is 4.17. The molecule has 0 saturated carbocycles. The van der Waals surface area contributed by atoms with Gasteiger partial charge in [0.15, 0.2) is 0 Å². The molecule has 5 nitrogen and oxygen atoms in total. The highest BCUT2D eigenvalue weighted by Gasteiger charge is 2.34. The van der Waals surface area contributed by atoms with Crippen LogP contribution in [-0.4, -0.2) is 43.0 Å². The Bertz CT molecular complexity index is 663. The molecule has 1 aromatic rings. The molecular formula is C13H17ClN2O3S2. The molecule has 0 amide bonds. The second-order valence-corrected chi connectivity index (χ2v) is 7.81. The first-order chi connectivity index (χ1) is 9.73. The van der Waals surface area contributed by atoms with E-state index in [-0.39, 0.29) is 27.1 Å². The minimum absolute atomic E-state index is 0.133. The first-order valence-corrected chi connectivity index (χ1v) is 8.69. The fraction of sp³-hybridized carbons (Fsp3) is 0.462. The number of rotatable bonds is 3. The molecule has 1 fully saturated rings. The Morgan fingerprint density at radius 3 is 2.71 bits per heavy atom. The highest BCUT2D eigenvalue weighted by Crippen LogP contribution is 2.26. The molecule has 21 heavy (non-hydrogen) atoms. The van der Waals surface area contributed by atoms with Crippen LogP contribution in [0, 0.1) is 0 Å². The molecule has 1 heterocycles. The Balaban J connectivity index is 2.39. The van der Waals surface area contributed by atoms with E-state index in [9.17, 15) is 8.42 Å². The molecule has 8 heteroatoms. The number of halogens is 1. The summed E-state index contributed by atoms with van der Waals surface area (Å²) in [7, 11) is -3.62. The maximum atomic E-state index is 12.7. The first-order valence-electron chi connectivity index (χ1n) is 6.46. The van der Waals surface area contributed by atoms with E-state index in [4.69, 9.17) is 34.3 Å². The average Bonchev–Trinajstić information content (AvgIpc) is 2.40. The lowest BCUT2D eigenvalue weighted by Gasteiger charge is -2.35. The van der Waals surface area contributed by atoms with E-state index in [0.717, 1.165) is 0 Å². The number of ether oxygens (including phenoxy) is 1. The average molecular weight is 349 g/mol. The lowest BCUT2D eigenvalue weighted by atomic mass is 10.2. The van der Waals surface area contributed by atoms with Gasteiger partial charge in [0.25, 0.3) is 0 Å². The zero-order chi connectivity index (χ0) is 15.8. The number of thiocarbonyl (C=S) groups is 1. The highest BCUT2D eigenvalue weighted by molar-refractivity contribution is 7.89. The summed E-state index contributed by atoms with van der Waals surface area (Å²) in [6.45, 7) is 4.35. The van der Waals surface area contributed by atoms with Crippen LogP contribution < -0.4 is 5.73 Å². The van der Waals surface area contributed by atoms with Crippen LogP contribution in [0.15, 0.2) is 23.1 Å². The number of hydrogen-bond acceptors (Lipinski definition) is 4. The summed E-state index contributed by atoms with van der Waals surface area (Å²) in [4.78, 5) is 0.269. The summed E-state index contributed by atoms with van der Waals surface area (Å²) in [5, 5.41) is 0.234. The molecule has 2 rings (SSSR count). The molecule has 0 bridgehead atoms. The third kappa shape index (κ3) is 3.37. The summed E-state index contributed by atoms with van der Waals surface area (Å²) >= 11 is 10.9. The van der Waals surface area contributed by atoms with Gasteiger partial charge in [-0.1, -0.05) is 23.8 Å². The molecule has 0 radical (unpaired) electrons. The monoisotopic (exact) mass is 348 g/mol. The molecule has 1 aromatic carbocycles. The van der Waals surface area contributed by atoms with E-state index in [1.54, 1.807) is 0 Å². The minimum atomic E-state index is -3.62. The van der Waals surface area contributed by atoms with Crippen LogP contribution in [0.1, 0.15) is 19.4 Å². The van der Waals surface area contributed by atoms with Crippen LogP contribution in [0.5, 0.6) is 0 Å². The van der Waals surface area contributed by atoms with E-state index >= 15 is 0 Å². The molecule has 0 aromatic heterocycles. The van der Waals surface area contributed by atoms with Gasteiger partial charge in [-0.2, -0.15) is 4.31 Å². The molecule has 116 valence electrons. The van der Waals surface area contributed by atoms with Crippen LogP contribution in [0.4, 0.5) is 0 Å². The lowest BCUT2D eigenvalue weighted by molar-refractivity contribution is -0.0170. The molecule has 1 saturated heterocycles. The fourth-order valence-corrected chi connectivity index (χ4v) is 4.50. The van der Waals surface area contributed by atoms with Gasteiger partial charge in [0.05, 0.1) is 22.6 Å². The van der Waals surface area contributed by atoms with Crippen molar-refractivity contribution in [2.45, 2.75) is 30.9 Å². The predicted molar refractivity (Wildman–Crippen MR) is 86.1 cm³/mol. The number of morpholine rings is 1. The second-order valence-electron chi connectivity index (χ2n) is 5.07. The molecule has 1 aliphatic rings. The van der Waals surface area contributed by atoms with Crippen LogP contribution in [0.3, 0.4) is 0 Å². The standard InChI is InChI=1S/C13H17ClN2O3S2/c1-8-7-19-9(2)6-16(8)21(17,18)10-3-4-11(13(15)20)12(14)5-10/h3-5,8-9H,6-7H2,1-2H3,(H2,15,20). The summed E-state index contributed by atoms with van der Waals surface area (Å²) < 4.78 is 32.3. The van der Waals surface area contributed by atoms with E-state index in [1.165, 1.54) is 22.5 Å². The van der Waals surface area contributed by atoms with Crippen molar-refractivity contribution in [3.63, 3.8) is 0 Å². The van der Waals surface area contributed by atoms with Crippen LogP contribution >= 0.6 is 23.8 Å². The third-order valence-corrected chi connectivity index (χ3v) is 5.87. The lowest BCUT2D eigenvalue weighted by Crippen LogP contribution is -2.50. The van der Waals surface area contributed by atoms with Crippen molar-refractivity contribution >= 4 is 38.8 Å². The van der Waals surface area contributed by atoms with Crippen molar-refractivity contribution in [1.82, 2.24) is 4.31 Å². The Labute approximate surface area is 135 Å². The van der Waals surface area contributed by atoms with Gasteiger partial charge in [0, 0.05) is 18.2 Å². The number of benzene rings is 1. The van der Waals surface area contributed by atoms with Crippen LogP contribution in [0.2, 0.25) is 5.02 Å². The number of sulfonamides is 1. The Morgan fingerprint density at radius 1 is 1.48 bits per heavy atom.